The van der Waals surface area contributed by atoms with Crippen molar-refractivity contribution in [2.24, 2.45) is 10.7 Å². The van der Waals surface area contributed by atoms with Crippen LogP contribution < -0.4 is 10.5 Å². The number of fused-ring (bicyclic) bond motifs is 1. The van der Waals surface area contributed by atoms with Crippen LogP contribution in [0.3, 0.4) is 0 Å². The van der Waals surface area contributed by atoms with Crippen molar-refractivity contribution in [1.29, 1.82) is 0 Å². The summed E-state index contributed by atoms with van der Waals surface area (Å²) in [5.74, 6) is 0.123. The number of benzene rings is 1. The van der Waals surface area contributed by atoms with Gasteiger partial charge in [0.15, 0.2) is 0 Å². The Balaban J connectivity index is 1.62. The lowest BCUT2D eigenvalue weighted by atomic mass is 10.1. The summed E-state index contributed by atoms with van der Waals surface area (Å²) in [6, 6.07) is 5.96. The molecule has 2 heterocycles. The smallest absolute Gasteiger partial charge is 0.263 e. The van der Waals surface area contributed by atoms with Crippen molar-refractivity contribution in [2.75, 3.05) is 26.2 Å². The van der Waals surface area contributed by atoms with E-state index in [1.54, 1.807) is 30.0 Å². The maximum Gasteiger partial charge on any atom is 0.263 e. The van der Waals surface area contributed by atoms with E-state index in [0.717, 1.165) is 19.3 Å². The molecule has 0 bridgehead atoms. The van der Waals surface area contributed by atoms with Gasteiger partial charge in [-0.2, -0.15) is 0 Å². The van der Waals surface area contributed by atoms with E-state index in [1.165, 1.54) is 6.07 Å². The average molecular weight is 394 g/mol. The molecular weight excluding hydrogens is 368 g/mol. The molecule has 0 aliphatic carbocycles. The van der Waals surface area contributed by atoms with Gasteiger partial charge in [0.1, 0.15) is 11.9 Å². The third-order valence-electron chi connectivity index (χ3n) is 4.80. The maximum absolute atomic E-state index is 12.7. The number of nitrogens with two attached hydrogens (primary N) is 1. The summed E-state index contributed by atoms with van der Waals surface area (Å²) in [7, 11) is -3.60. The van der Waals surface area contributed by atoms with Gasteiger partial charge in [0.2, 0.25) is 5.91 Å². The van der Waals surface area contributed by atoms with Crippen LogP contribution in [0.5, 0.6) is 0 Å². The second kappa shape index (κ2) is 8.37. The molecule has 2 aliphatic rings. The van der Waals surface area contributed by atoms with E-state index in [4.69, 9.17) is 10.5 Å². The zero-order chi connectivity index (χ0) is 19.4. The number of rotatable bonds is 6. The number of piperidine rings is 1. The molecule has 0 radical (unpaired) electrons. The van der Waals surface area contributed by atoms with Crippen molar-refractivity contribution in [3.63, 3.8) is 0 Å². The van der Waals surface area contributed by atoms with E-state index in [1.807, 2.05) is 0 Å². The Labute approximate surface area is 159 Å². The summed E-state index contributed by atoms with van der Waals surface area (Å²) < 4.78 is 32.5. The Kier molecular flexibility index (Phi) is 6.13. The molecule has 8 nitrogen and oxygen atoms in total. The molecule has 2 aliphatic heterocycles. The van der Waals surface area contributed by atoms with Gasteiger partial charge in [0.05, 0.1) is 11.0 Å². The minimum absolute atomic E-state index is 0.105. The van der Waals surface area contributed by atoms with E-state index >= 15 is 0 Å². The Bertz CT molecular complexity index is 816. The number of ether oxygens (including phenoxy) is 1. The molecule has 0 spiro atoms. The number of amidine groups is 1. The first kappa shape index (κ1) is 19.8. The SMILES string of the molecule is CC(N=C1NS(=O)(=O)c2ccccc21)C(=O)N1CCC(OCCCN)CC1. The van der Waals surface area contributed by atoms with Crippen LogP contribution in [0.1, 0.15) is 31.7 Å². The predicted octanol–water partition coefficient (Wildman–Crippen LogP) is 0.470. The van der Waals surface area contributed by atoms with Gasteiger partial charge in [-0.1, -0.05) is 12.1 Å². The molecule has 1 fully saturated rings. The fourth-order valence-electron chi connectivity index (χ4n) is 3.32. The zero-order valence-electron chi connectivity index (χ0n) is 15.4. The summed E-state index contributed by atoms with van der Waals surface area (Å²) in [5.41, 5.74) is 5.97. The lowest BCUT2D eigenvalue weighted by Crippen LogP contribution is -2.44. The summed E-state index contributed by atoms with van der Waals surface area (Å²) in [4.78, 5) is 19.0. The van der Waals surface area contributed by atoms with E-state index in [9.17, 15) is 13.2 Å². The van der Waals surface area contributed by atoms with Gasteiger partial charge in [-0.05, 0) is 44.9 Å². The van der Waals surface area contributed by atoms with Crippen molar-refractivity contribution in [3.8, 4) is 0 Å². The number of carbonyl (C=O) groups excluding carboxylic acids is 1. The highest BCUT2D eigenvalue weighted by molar-refractivity contribution is 7.90. The van der Waals surface area contributed by atoms with Crippen LogP contribution >= 0.6 is 0 Å². The maximum atomic E-state index is 12.7. The molecule has 0 aromatic heterocycles. The monoisotopic (exact) mass is 394 g/mol. The highest BCUT2D eigenvalue weighted by Gasteiger charge is 2.32. The molecule has 3 rings (SSSR count). The number of hydrogen-bond donors (Lipinski definition) is 2. The Hall–Kier alpha value is -1.97. The Morgan fingerprint density at radius 1 is 1.37 bits per heavy atom. The van der Waals surface area contributed by atoms with Gasteiger partial charge in [-0.3, -0.25) is 14.5 Å². The van der Waals surface area contributed by atoms with Crippen molar-refractivity contribution in [1.82, 2.24) is 9.62 Å². The van der Waals surface area contributed by atoms with Gasteiger partial charge in [-0.25, -0.2) is 8.42 Å². The fourth-order valence-corrected chi connectivity index (χ4v) is 4.56. The van der Waals surface area contributed by atoms with Crippen LogP contribution in [0.2, 0.25) is 0 Å². The average Bonchev–Trinajstić information content (AvgIpc) is 2.92. The number of likely N-dealkylation sites (tertiary alicyclic amines) is 1. The van der Waals surface area contributed by atoms with Crippen LogP contribution in [0.4, 0.5) is 0 Å². The van der Waals surface area contributed by atoms with Gasteiger partial charge in [-0.15, -0.1) is 0 Å². The molecule has 1 amide bonds. The summed E-state index contributed by atoms with van der Waals surface area (Å²) in [5, 5.41) is 0. The first-order valence-electron chi connectivity index (χ1n) is 9.23. The van der Waals surface area contributed by atoms with Crippen LogP contribution in [0, 0.1) is 0 Å². The molecule has 1 aromatic carbocycles. The molecule has 148 valence electrons. The predicted molar refractivity (Wildman–Crippen MR) is 102 cm³/mol. The number of amides is 1. The third kappa shape index (κ3) is 4.48. The molecule has 3 N–H and O–H groups in total. The Morgan fingerprint density at radius 2 is 2.07 bits per heavy atom. The lowest BCUT2D eigenvalue weighted by molar-refractivity contribution is -0.134. The number of nitrogens with zero attached hydrogens (tertiary/aromatic N) is 2. The molecular formula is C18H26N4O4S. The topological polar surface area (TPSA) is 114 Å². The summed E-state index contributed by atoms with van der Waals surface area (Å²) >= 11 is 0. The number of nitrogens with one attached hydrogen (secondary N) is 1. The fraction of sp³-hybridized carbons (Fsp3) is 0.556. The third-order valence-corrected chi connectivity index (χ3v) is 6.20. The first-order valence-corrected chi connectivity index (χ1v) is 10.7. The van der Waals surface area contributed by atoms with Gasteiger partial charge in [0, 0.05) is 25.3 Å². The normalized spacial score (nSPS) is 21.7. The Morgan fingerprint density at radius 3 is 2.78 bits per heavy atom. The molecule has 1 saturated heterocycles. The van der Waals surface area contributed by atoms with E-state index < -0.39 is 16.1 Å². The highest BCUT2D eigenvalue weighted by atomic mass is 32.2. The van der Waals surface area contributed by atoms with Crippen LogP contribution in [-0.4, -0.2) is 63.4 Å². The number of hydrogen-bond acceptors (Lipinski definition) is 6. The number of aliphatic imine (C=N–C) groups is 1. The van der Waals surface area contributed by atoms with E-state index in [2.05, 4.69) is 9.71 Å². The first-order chi connectivity index (χ1) is 12.9. The zero-order valence-corrected chi connectivity index (χ0v) is 16.2. The van der Waals surface area contributed by atoms with Crippen molar-refractivity contribution in [3.05, 3.63) is 29.8 Å². The number of sulfonamides is 1. The van der Waals surface area contributed by atoms with Crippen molar-refractivity contribution in [2.45, 2.75) is 43.2 Å². The van der Waals surface area contributed by atoms with Crippen LogP contribution in [0.25, 0.3) is 0 Å². The standard InChI is InChI=1S/C18H26N4O4S/c1-13(18(23)22-10-7-14(8-11-22)26-12-4-9-19)20-17-15-5-2-3-6-16(15)27(24,25)21-17/h2-3,5-6,13-14H,4,7-12,19H2,1H3,(H,20,21). The molecule has 1 aromatic rings. The minimum atomic E-state index is -3.60. The van der Waals surface area contributed by atoms with Gasteiger partial charge in [0.25, 0.3) is 10.0 Å². The van der Waals surface area contributed by atoms with Gasteiger partial charge >= 0.3 is 0 Å². The van der Waals surface area contributed by atoms with Crippen molar-refractivity contribution >= 4 is 21.8 Å². The van der Waals surface area contributed by atoms with Crippen LogP contribution in [0.15, 0.2) is 34.2 Å². The lowest BCUT2D eigenvalue weighted by Gasteiger charge is -2.33. The molecule has 1 atom stereocenters. The second-order valence-corrected chi connectivity index (χ2v) is 8.44. The molecule has 1 unspecified atom stereocenters. The number of carbonyl (C=O) groups is 1. The molecule has 27 heavy (non-hydrogen) atoms. The van der Waals surface area contributed by atoms with Gasteiger partial charge < -0.3 is 15.4 Å². The largest absolute Gasteiger partial charge is 0.378 e. The molecule has 0 saturated carbocycles. The van der Waals surface area contributed by atoms with Crippen molar-refractivity contribution < 1.29 is 17.9 Å². The highest BCUT2D eigenvalue weighted by Crippen LogP contribution is 2.23. The van der Waals surface area contributed by atoms with E-state index in [-0.39, 0.29) is 22.7 Å². The van der Waals surface area contributed by atoms with E-state index in [0.29, 0.717) is 31.8 Å². The quantitative estimate of drug-likeness (QED) is 0.681. The summed E-state index contributed by atoms with van der Waals surface area (Å²) in [6.07, 6.45) is 2.57. The minimum Gasteiger partial charge on any atom is -0.378 e. The second-order valence-electron chi connectivity index (χ2n) is 6.79. The van der Waals surface area contributed by atoms with Crippen LogP contribution in [-0.2, 0) is 19.6 Å². The molecule has 9 heteroatoms. The summed E-state index contributed by atoms with van der Waals surface area (Å²) in [6.45, 7) is 4.18.